The number of hydrogen-bond donors (Lipinski definition) is 3. The summed E-state index contributed by atoms with van der Waals surface area (Å²) in [5.41, 5.74) is -3.97. The molecule has 1 aliphatic heterocycles. The third-order valence-corrected chi connectivity index (χ3v) is 2.97. The second-order valence-corrected chi connectivity index (χ2v) is 4.13. The lowest BCUT2D eigenvalue weighted by atomic mass is 10.00. The monoisotopic (exact) mass is 271 g/mol. The smallest absolute Gasteiger partial charge is 0.330 e. The molecule has 3 atom stereocenters. The number of aliphatic hydroxyl groups is 2. The van der Waals surface area contributed by atoms with Crippen molar-refractivity contribution in [1.82, 2.24) is 9.55 Å². The lowest BCUT2D eigenvalue weighted by Gasteiger charge is -2.21. The molecule has 2 rings (SSSR count). The van der Waals surface area contributed by atoms with E-state index in [9.17, 15) is 19.1 Å². The molecule has 0 bridgehead atoms. The van der Waals surface area contributed by atoms with E-state index in [2.05, 4.69) is 0 Å². The van der Waals surface area contributed by atoms with Crippen LogP contribution in [0.4, 0.5) is 4.39 Å². The van der Waals surface area contributed by atoms with Crippen LogP contribution in [0.25, 0.3) is 0 Å². The van der Waals surface area contributed by atoms with Gasteiger partial charge in [0.1, 0.15) is 18.4 Å². The molecule has 1 saturated heterocycles. The van der Waals surface area contributed by atoms with Crippen molar-refractivity contribution < 1.29 is 19.3 Å². The molecule has 0 aliphatic carbocycles. The first-order valence-electron chi connectivity index (χ1n) is 5.32. The van der Waals surface area contributed by atoms with Gasteiger partial charge in [-0.1, -0.05) is 0 Å². The van der Waals surface area contributed by atoms with Gasteiger partial charge in [0.25, 0.3) is 5.56 Å². The summed E-state index contributed by atoms with van der Waals surface area (Å²) in [6.45, 7) is -0.776. The maximum atomic E-state index is 13.1. The Morgan fingerprint density at radius 2 is 2.37 bits per heavy atom. The Hall–Kier alpha value is -2.02. The van der Waals surface area contributed by atoms with Gasteiger partial charge in [-0.2, -0.15) is 9.65 Å². The molecule has 1 aromatic heterocycles. The molecule has 19 heavy (non-hydrogen) atoms. The minimum absolute atomic E-state index is 0.195. The summed E-state index contributed by atoms with van der Waals surface area (Å²) >= 11 is 0. The normalized spacial score (nSPS) is 30.2. The van der Waals surface area contributed by atoms with Gasteiger partial charge in [-0.05, 0) is 0 Å². The zero-order valence-electron chi connectivity index (χ0n) is 9.54. The minimum atomic E-state index is -1.86. The number of nitrogens with zero attached hydrogens (tertiary/aromatic N) is 2. The molecule has 1 fully saturated rings. The van der Waals surface area contributed by atoms with Gasteiger partial charge in [0, 0.05) is 6.42 Å². The maximum Gasteiger partial charge on any atom is 0.330 e. The summed E-state index contributed by atoms with van der Waals surface area (Å²) in [4.78, 5) is 24.1. The first-order valence-corrected chi connectivity index (χ1v) is 5.32. The van der Waals surface area contributed by atoms with Gasteiger partial charge in [-0.15, -0.1) is 0 Å². The number of H-pyrrole nitrogens is 1. The number of hydrogen-bond acceptors (Lipinski definition) is 6. The van der Waals surface area contributed by atoms with Crippen LogP contribution in [0.2, 0.25) is 0 Å². The third kappa shape index (κ3) is 2.06. The first-order chi connectivity index (χ1) is 8.93. The molecule has 8 nitrogen and oxygen atoms in total. The fraction of sp³-hybridized carbons (Fsp3) is 0.500. The molecule has 0 aromatic carbocycles. The molecule has 0 amide bonds. The third-order valence-electron chi connectivity index (χ3n) is 2.97. The quantitative estimate of drug-likeness (QED) is 0.582. The lowest BCUT2D eigenvalue weighted by molar-refractivity contribution is -0.0927. The van der Waals surface area contributed by atoms with Gasteiger partial charge < -0.3 is 14.9 Å². The average molecular weight is 271 g/mol. The molecule has 1 aliphatic rings. The van der Waals surface area contributed by atoms with Gasteiger partial charge >= 0.3 is 5.69 Å². The van der Waals surface area contributed by atoms with E-state index >= 15 is 0 Å². The van der Waals surface area contributed by atoms with Crippen molar-refractivity contribution in [3.63, 3.8) is 0 Å². The number of rotatable bonds is 2. The van der Waals surface area contributed by atoms with Crippen LogP contribution in [-0.2, 0) is 4.74 Å². The number of halogens is 1. The van der Waals surface area contributed by atoms with Crippen molar-refractivity contribution >= 4 is 0 Å². The Kier molecular flexibility index (Phi) is 3.23. The second kappa shape index (κ2) is 4.58. The highest BCUT2D eigenvalue weighted by molar-refractivity contribution is 5.11. The van der Waals surface area contributed by atoms with Crippen LogP contribution >= 0.6 is 0 Å². The molecule has 1 aromatic rings. The molecule has 3 N–H and O–H groups in total. The zero-order chi connectivity index (χ0) is 14.2. The zero-order valence-corrected chi connectivity index (χ0v) is 9.54. The molecule has 9 heteroatoms. The molecule has 2 heterocycles. The highest BCUT2D eigenvalue weighted by Gasteiger charge is 2.49. The van der Waals surface area contributed by atoms with E-state index in [-0.39, 0.29) is 6.42 Å². The molecular weight excluding hydrogens is 261 g/mol. The summed E-state index contributed by atoms with van der Waals surface area (Å²) in [5.74, 6) is -1.20. The van der Waals surface area contributed by atoms with E-state index in [0.717, 1.165) is 0 Å². The summed E-state index contributed by atoms with van der Waals surface area (Å²) < 4.78 is 19.0. The Morgan fingerprint density at radius 1 is 1.68 bits per heavy atom. The second-order valence-electron chi connectivity index (χ2n) is 4.13. The Labute approximate surface area is 105 Å². The van der Waals surface area contributed by atoms with Gasteiger partial charge in [0.15, 0.2) is 0 Å². The predicted molar refractivity (Wildman–Crippen MR) is 57.5 cm³/mol. The first kappa shape index (κ1) is 13.4. The van der Waals surface area contributed by atoms with Crippen LogP contribution in [0, 0.1) is 17.1 Å². The van der Waals surface area contributed by atoms with Crippen LogP contribution in [0.5, 0.6) is 0 Å². The number of aliphatic hydroxyl groups excluding tert-OH is 2. The van der Waals surface area contributed by atoms with Crippen molar-refractivity contribution in [2.75, 3.05) is 6.61 Å². The van der Waals surface area contributed by atoms with Crippen LogP contribution in [-0.4, -0.2) is 38.1 Å². The van der Waals surface area contributed by atoms with Gasteiger partial charge in [0.2, 0.25) is 11.4 Å². The topological polar surface area (TPSA) is 128 Å². The Morgan fingerprint density at radius 3 is 2.89 bits per heavy atom. The van der Waals surface area contributed by atoms with E-state index in [1.54, 1.807) is 11.1 Å². The number of nitriles is 1. The average Bonchev–Trinajstić information content (AvgIpc) is 2.71. The van der Waals surface area contributed by atoms with Crippen LogP contribution in [0.15, 0.2) is 15.8 Å². The fourth-order valence-corrected chi connectivity index (χ4v) is 1.87. The Balaban J connectivity index is 2.42. The molecule has 0 unspecified atom stereocenters. The molecule has 102 valence electrons. The fourth-order valence-electron chi connectivity index (χ4n) is 1.87. The molecular formula is C10H10FN3O5. The van der Waals surface area contributed by atoms with Crippen molar-refractivity contribution in [1.29, 1.82) is 5.26 Å². The standard InChI is InChI=1S/C10H10FN3O5/c11-5-2-14(9(18)13-8(5)17)7-1-6(16)10(3-12,4-15)19-7/h2,6-7,15-16H,1,4H2,(H,13,17,18)/t6-,7+,10+/m0/s1. The summed E-state index contributed by atoms with van der Waals surface area (Å²) in [7, 11) is 0. The van der Waals surface area contributed by atoms with E-state index in [4.69, 9.17) is 15.1 Å². The van der Waals surface area contributed by atoms with E-state index < -0.39 is 41.6 Å². The lowest BCUT2D eigenvalue weighted by Crippen LogP contribution is -2.41. The van der Waals surface area contributed by atoms with Gasteiger partial charge in [-0.25, -0.2) is 4.79 Å². The Bertz CT molecular complexity index is 648. The number of ether oxygens (including phenoxy) is 1. The van der Waals surface area contributed by atoms with Crippen molar-refractivity contribution in [2.24, 2.45) is 0 Å². The van der Waals surface area contributed by atoms with Crippen LogP contribution in [0.1, 0.15) is 12.6 Å². The summed E-state index contributed by atoms with van der Waals surface area (Å²) in [6.07, 6.45) is -2.06. The van der Waals surface area contributed by atoms with E-state index in [1.807, 2.05) is 0 Å². The molecule has 0 spiro atoms. The van der Waals surface area contributed by atoms with Gasteiger partial charge in [-0.3, -0.25) is 14.3 Å². The van der Waals surface area contributed by atoms with E-state index in [0.29, 0.717) is 10.8 Å². The van der Waals surface area contributed by atoms with Crippen molar-refractivity contribution in [2.45, 2.75) is 24.4 Å². The highest BCUT2D eigenvalue weighted by atomic mass is 19.1. The molecule has 0 saturated carbocycles. The predicted octanol–water partition coefficient (Wildman–Crippen LogP) is -1.79. The summed E-state index contributed by atoms with van der Waals surface area (Å²) in [6, 6.07) is 1.62. The SMILES string of the molecule is N#C[C@]1(CO)O[C@@H](n2cc(F)c(=O)[nH]c2=O)C[C@@H]1O. The number of aromatic nitrogens is 2. The van der Waals surface area contributed by atoms with Crippen molar-refractivity contribution in [3.8, 4) is 6.07 Å². The number of nitrogens with one attached hydrogen (secondary N) is 1. The highest BCUT2D eigenvalue weighted by Crippen LogP contribution is 2.35. The minimum Gasteiger partial charge on any atom is -0.392 e. The largest absolute Gasteiger partial charge is 0.392 e. The van der Waals surface area contributed by atoms with Gasteiger partial charge in [0.05, 0.1) is 12.8 Å². The van der Waals surface area contributed by atoms with E-state index in [1.165, 1.54) is 0 Å². The van der Waals surface area contributed by atoms with Crippen LogP contribution in [0.3, 0.4) is 0 Å². The maximum absolute atomic E-state index is 13.1. The number of aromatic amines is 1. The summed E-state index contributed by atoms with van der Waals surface area (Å²) in [5, 5.41) is 27.7. The molecule has 0 radical (unpaired) electrons. The van der Waals surface area contributed by atoms with Crippen molar-refractivity contribution in [3.05, 3.63) is 32.9 Å². The van der Waals surface area contributed by atoms with Crippen LogP contribution < -0.4 is 11.2 Å².